The molecule has 0 saturated carbocycles. The van der Waals surface area contributed by atoms with Crippen LogP contribution < -0.4 is 5.56 Å². The van der Waals surface area contributed by atoms with E-state index in [0.29, 0.717) is 11.4 Å². The zero-order valence-corrected chi connectivity index (χ0v) is 9.45. The van der Waals surface area contributed by atoms with Crippen LogP contribution in [-0.2, 0) is 0 Å². The summed E-state index contributed by atoms with van der Waals surface area (Å²) in [5.41, 5.74) is 1.50. The first-order chi connectivity index (χ1) is 7.63. The van der Waals surface area contributed by atoms with E-state index in [4.69, 9.17) is 0 Å². The van der Waals surface area contributed by atoms with Gasteiger partial charge in [0.15, 0.2) is 0 Å². The zero-order valence-electron chi connectivity index (χ0n) is 9.45. The number of phenolic OH excluding ortho intramolecular Hbond substituents is 1. The van der Waals surface area contributed by atoms with Gasteiger partial charge < -0.3 is 10.1 Å². The molecule has 16 heavy (non-hydrogen) atoms. The van der Waals surface area contributed by atoms with E-state index in [0.717, 1.165) is 17.4 Å². The highest BCUT2D eigenvalue weighted by atomic mass is 16.3. The first kappa shape index (κ1) is 10.7. The molecule has 0 bridgehead atoms. The second kappa shape index (κ2) is 4.00. The first-order valence-electron chi connectivity index (χ1n) is 5.48. The number of aromatic hydroxyl groups is 1. The summed E-state index contributed by atoms with van der Waals surface area (Å²) in [5.74, 6) is 0.536. The molecule has 0 aliphatic heterocycles. The third kappa shape index (κ3) is 1.69. The summed E-state index contributed by atoms with van der Waals surface area (Å²) in [6.07, 6.45) is 1.03. The van der Waals surface area contributed by atoms with Gasteiger partial charge in [0.1, 0.15) is 5.75 Å². The van der Waals surface area contributed by atoms with Crippen molar-refractivity contribution in [3.05, 3.63) is 40.2 Å². The van der Waals surface area contributed by atoms with Crippen LogP contribution in [-0.4, -0.2) is 10.1 Å². The van der Waals surface area contributed by atoms with Crippen LogP contribution in [0.15, 0.2) is 29.1 Å². The zero-order chi connectivity index (χ0) is 11.7. The van der Waals surface area contributed by atoms with E-state index < -0.39 is 0 Å². The molecular formula is C13H15NO2. The van der Waals surface area contributed by atoms with Crippen molar-refractivity contribution in [1.29, 1.82) is 0 Å². The molecule has 2 N–H and O–H groups in total. The Bertz CT molecular complexity index is 572. The summed E-state index contributed by atoms with van der Waals surface area (Å²) in [5, 5.41) is 10.6. The molecule has 3 heteroatoms. The van der Waals surface area contributed by atoms with E-state index in [9.17, 15) is 9.90 Å². The van der Waals surface area contributed by atoms with E-state index in [1.165, 1.54) is 6.07 Å². The predicted molar refractivity (Wildman–Crippen MR) is 64.9 cm³/mol. The molecule has 1 aromatic heterocycles. The molecule has 0 amide bonds. The van der Waals surface area contributed by atoms with Gasteiger partial charge in [0.05, 0.1) is 5.52 Å². The predicted octanol–water partition coefficient (Wildman–Crippen LogP) is 2.75. The number of nitrogens with one attached hydrogen (secondary N) is 1. The Balaban J connectivity index is 2.79. The highest BCUT2D eigenvalue weighted by Crippen LogP contribution is 2.30. The third-order valence-electron chi connectivity index (χ3n) is 3.05. The molecule has 84 valence electrons. The Labute approximate surface area is 93.7 Å². The van der Waals surface area contributed by atoms with Gasteiger partial charge in [-0.3, -0.25) is 4.79 Å². The van der Waals surface area contributed by atoms with Crippen LogP contribution in [0.3, 0.4) is 0 Å². The minimum Gasteiger partial charge on any atom is -0.506 e. The maximum atomic E-state index is 11.2. The highest BCUT2D eigenvalue weighted by Gasteiger charge is 2.10. The number of aromatic nitrogens is 1. The van der Waals surface area contributed by atoms with Crippen molar-refractivity contribution in [2.45, 2.75) is 26.2 Å². The molecule has 0 spiro atoms. The van der Waals surface area contributed by atoms with Crippen molar-refractivity contribution in [1.82, 2.24) is 4.98 Å². The molecular weight excluding hydrogens is 202 g/mol. The first-order valence-corrected chi connectivity index (χ1v) is 5.48. The van der Waals surface area contributed by atoms with Crippen molar-refractivity contribution in [3.63, 3.8) is 0 Å². The summed E-state index contributed by atoms with van der Waals surface area (Å²) >= 11 is 0. The molecule has 0 radical (unpaired) electrons. The molecule has 1 unspecified atom stereocenters. The standard InChI is InChI=1S/C13H15NO2/c1-3-8(2)9-4-6-11(15)13-10(9)5-7-12(16)14-13/h4-8,15H,3H2,1-2H3,(H,14,16). The summed E-state index contributed by atoms with van der Waals surface area (Å²) < 4.78 is 0. The summed E-state index contributed by atoms with van der Waals surface area (Å²) in [6.45, 7) is 4.26. The number of pyridine rings is 1. The van der Waals surface area contributed by atoms with Gasteiger partial charge in [0.2, 0.25) is 5.56 Å². The third-order valence-corrected chi connectivity index (χ3v) is 3.05. The number of rotatable bonds is 2. The van der Waals surface area contributed by atoms with Gasteiger partial charge in [-0.15, -0.1) is 0 Å². The van der Waals surface area contributed by atoms with Crippen molar-refractivity contribution in [2.24, 2.45) is 0 Å². The number of aromatic amines is 1. The molecule has 2 aromatic rings. The average molecular weight is 217 g/mol. The molecule has 2 rings (SSSR count). The molecule has 0 aliphatic carbocycles. The van der Waals surface area contributed by atoms with Crippen LogP contribution in [0.2, 0.25) is 0 Å². The van der Waals surface area contributed by atoms with Crippen LogP contribution in [0.1, 0.15) is 31.7 Å². The van der Waals surface area contributed by atoms with E-state index >= 15 is 0 Å². The number of phenols is 1. The summed E-state index contributed by atoms with van der Waals surface area (Å²) in [4.78, 5) is 13.9. The van der Waals surface area contributed by atoms with Gasteiger partial charge in [-0.2, -0.15) is 0 Å². The van der Waals surface area contributed by atoms with E-state index in [2.05, 4.69) is 18.8 Å². The minimum atomic E-state index is -0.191. The van der Waals surface area contributed by atoms with Crippen LogP contribution >= 0.6 is 0 Å². The quantitative estimate of drug-likeness (QED) is 0.812. The number of hydrogen-bond acceptors (Lipinski definition) is 2. The fraction of sp³-hybridized carbons (Fsp3) is 0.308. The molecule has 1 atom stereocenters. The second-order valence-electron chi connectivity index (χ2n) is 4.09. The largest absolute Gasteiger partial charge is 0.506 e. The maximum Gasteiger partial charge on any atom is 0.248 e. The van der Waals surface area contributed by atoms with Crippen LogP contribution in [0.4, 0.5) is 0 Å². The summed E-state index contributed by atoms with van der Waals surface area (Å²) in [6, 6.07) is 6.83. The van der Waals surface area contributed by atoms with Gasteiger partial charge in [0, 0.05) is 11.5 Å². The maximum absolute atomic E-state index is 11.2. The highest BCUT2D eigenvalue weighted by molar-refractivity contribution is 5.87. The molecule has 0 saturated heterocycles. The van der Waals surface area contributed by atoms with Gasteiger partial charge in [0.25, 0.3) is 0 Å². The van der Waals surface area contributed by atoms with Gasteiger partial charge in [-0.1, -0.05) is 19.9 Å². The van der Waals surface area contributed by atoms with Gasteiger partial charge >= 0.3 is 0 Å². The van der Waals surface area contributed by atoms with Crippen molar-refractivity contribution in [2.75, 3.05) is 0 Å². The Morgan fingerprint density at radius 2 is 2.06 bits per heavy atom. The van der Waals surface area contributed by atoms with Crippen LogP contribution in [0.25, 0.3) is 10.9 Å². The van der Waals surface area contributed by atoms with Crippen molar-refractivity contribution < 1.29 is 5.11 Å². The summed E-state index contributed by atoms with van der Waals surface area (Å²) in [7, 11) is 0. The Morgan fingerprint density at radius 3 is 2.75 bits per heavy atom. The van der Waals surface area contributed by atoms with E-state index in [1.807, 2.05) is 6.07 Å². The molecule has 0 fully saturated rings. The molecule has 1 heterocycles. The lowest BCUT2D eigenvalue weighted by molar-refractivity contribution is 0.480. The van der Waals surface area contributed by atoms with Crippen molar-refractivity contribution in [3.8, 4) is 5.75 Å². The monoisotopic (exact) mass is 217 g/mol. The second-order valence-corrected chi connectivity index (χ2v) is 4.09. The number of fused-ring (bicyclic) bond motifs is 1. The lowest BCUT2D eigenvalue weighted by atomic mass is 9.94. The lowest BCUT2D eigenvalue weighted by Crippen LogP contribution is -2.04. The Morgan fingerprint density at radius 1 is 1.31 bits per heavy atom. The van der Waals surface area contributed by atoms with Crippen molar-refractivity contribution >= 4 is 10.9 Å². The average Bonchev–Trinajstić information content (AvgIpc) is 2.29. The fourth-order valence-corrected chi connectivity index (χ4v) is 1.91. The smallest absolute Gasteiger partial charge is 0.248 e. The minimum absolute atomic E-state index is 0.125. The molecule has 1 aromatic carbocycles. The van der Waals surface area contributed by atoms with Crippen LogP contribution in [0, 0.1) is 0 Å². The van der Waals surface area contributed by atoms with E-state index in [1.54, 1.807) is 12.1 Å². The topological polar surface area (TPSA) is 53.1 Å². The Kier molecular flexibility index (Phi) is 2.69. The normalized spacial score (nSPS) is 12.9. The van der Waals surface area contributed by atoms with Gasteiger partial charge in [-0.05, 0) is 30.0 Å². The Hall–Kier alpha value is -1.77. The molecule has 0 aliphatic rings. The lowest BCUT2D eigenvalue weighted by Gasteiger charge is -2.12. The molecule has 3 nitrogen and oxygen atoms in total. The van der Waals surface area contributed by atoms with E-state index in [-0.39, 0.29) is 11.3 Å². The van der Waals surface area contributed by atoms with Gasteiger partial charge in [-0.25, -0.2) is 0 Å². The number of H-pyrrole nitrogens is 1. The fourth-order valence-electron chi connectivity index (χ4n) is 1.91. The number of hydrogen-bond donors (Lipinski definition) is 2. The van der Waals surface area contributed by atoms with Crippen LogP contribution in [0.5, 0.6) is 5.75 Å². The number of benzene rings is 1. The SMILES string of the molecule is CCC(C)c1ccc(O)c2[nH]c(=O)ccc12.